The Hall–Kier alpha value is -2.02. The van der Waals surface area contributed by atoms with E-state index in [9.17, 15) is 9.18 Å². The SMILES string of the molecule is C#CC(CC)NC(=O)c1ccc(OC)cc1F. The van der Waals surface area contributed by atoms with Crippen LogP contribution < -0.4 is 10.1 Å². The number of hydrogen-bond acceptors (Lipinski definition) is 2. The van der Waals surface area contributed by atoms with Gasteiger partial charge in [0, 0.05) is 6.07 Å². The number of amides is 1. The number of rotatable bonds is 4. The molecule has 1 atom stereocenters. The van der Waals surface area contributed by atoms with Gasteiger partial charge in [-0.15, -0.1) is 6.42 Å². The van der Waals surface area contributed by atoms with Gasteiger partial charge in [-0.25, -0.2) is 4.39 Å². The lowest BCUT2D eigenvalue weighted by atomic mass is 10.1. The number of carbonyl (C=O) groups excluding carboxylic acids is 1. The molecule has 90 valence electrons. The Balaban J connectivity index is 2.86. The van der Waals surface area contributed by atoms with Gasteiger partial charge < -0.3 is 10.1 Å². The molecule has 0 aliphatic rings. The largest absolute Gasteiger partial charge is 0.497 e. The second-order valence-corrected chi connectivity index (χ2v) is 3.45. The van der Waals surface area contributed by atoms with Crippen molar-refractivity contribution in [2.24, 2.45) is 0 Å². The van der Waals surface area contributed by atoms with Gasteiger partial charge in [0.2, 0.25) is 0 Å². The predicted molar refractivity (Wildman–Crippen MR) is 63.3 cm³/mol. The molecule has 1 aromatic rings. The molecule has 17 heavy (non-hydrogen) atoms. The summed E-state index contributed by atoms with van der Waals surface area (Å²) in [6, 6.07) is 3.66. The summed E-state index contributed by atoms with van der Waals surface area (Å²) in [5.74, 6) is 1.63. The molecule has 0 aliphatic heterocycles. The molecular formula is C13H14FNO2. The highest BCUT2D eigenvalue weighted by Crippen LogP contribution is 2.16. The van der Waals surface area contributed by atoms with Gasteiger partial charge in [-0.2, -0.15) is 0 Å². The summed E-state index contributed by atoms with van der Waals surface area (Å²) in [5, 5.41) is 2.56. The van der Waals surface area contributed by atoms with Crippen molar-refractivity contribution in [3.05, 3.63) is 29.6 Å². The molecule has 4 heteroatoms. The Morgan fingerprint density at radius 2 is 2.35 bits per heavy atom. The highest BCUT2D eigenvalue weighted by molar-refractivity contribution is 5.95. The van der Waals surface area contributed by atoms with E-state index in [0.29, 0.717) is 12.2 Å². The molecule has 1 aromatic carbocycles. The molecule has 3 nitrogen and oxygen atoms in total. The highest BCUT2D eigenvalue weighted by atomic mass is 19.1. The van der Waals surface area contributed by atoms with Crippen LogP contribution in [0.25, 0.3) is 0 Å². The van der Waals surface area contributed by atoms with Crippen LogP contribution in [0.15, 0.2) is 18.2 Å². The van der Waals surface area contributed by atoms with Crippen molar-refractivity contribution in [3.8, 4) is 18.1 Å². The minimum atomic E-state index is -0.631. The maximum atomic E-state index is 13.6. The molecule has 0 saturated carbocycles. The molecule has 0 fully saturated rings. The maximum absolute atomic E-state index is 13.6. The molecule has 1 amide bonds. The van der Waals surface area contributed by atoms with Gasteiger partial charge in [-0.3, -0.25) is 4.79 Å². The minimum Gasteiger partial charge on any atom is -0.497 e. The molecule has 1 unspecified atom stereocenters. The number of benzene rings is 1. The quantitative estimate of drug-likeness (QED) is 0.810. The third kappa shape index (κ3) is 3.22. The molecule has 0 saturated heterocycles. The van der Waals surface area contributed by atoms with Crippen molar-refractivity contribution in [1.29, 1.82) is 0 Å². The minimum absolute atomic E-state index is 0.0421. The van der Waals surface area contributed by atoms with E-state index in [1.54, 1.807) is 0 Å². The van der Waals surface area contributed by atoms with E-state index >= 15 is 0 Å². The number of terminal acetylenes is 1. The van der Waals surface area contributed by atoms with Crippen LogP contribution in [0.5, 0.6) is 5.75 Å². The first-order chi connectivity index (χ1) is 8.12. The van der Waals surface area contributed by atoms with Crippen LogP contribution in [0.2, 0.25) is 0 Å². The van der Waals surface area contributed by atoms with E-state index in [1.807, 2.05) is 6.92 Å². The lowest BCUT2D eigenvalue weighted by molar-refractivity contribution is 0.0941. The zero-order valence-electron chi connectivity index (χ0n) is 9.79. The van der Waals surface area contributed by atoms with Crippen LogP contribution in [-0.4, -0.2) is 19.1 Å². The fourth-order valence-corrected chi connectivity index (χ4v) is 1.30. The Bertz CT molecular complexity index is 451. The Morgan fingerprint density at radius 3 is 2.82 bits per heavy atom. The van der Waals surface area contributed by atoms with Gasteiger partial charge in [0.15, 0.2) is 0 Å². The summed E-state index contributed by atoms with van der Waals surface area (Å²) >= 11 is 0. The molecule has 1 rings (SSSR count). The lowest BCUT2D eigenvalue weighted by Crippen LogP contribution is -2.33. The van der Waals surface area contributed by atoms with E-state index in [4.69, 9.17) is 11.2 Å². The zero-order valence-corrected chi connectivity index (χ0v) is 9.79. The third-order valence-corrected chi connectivity index (χ3v) is 2.34. The molecular weight excluding hydrogens is 221 g/mol. The smallest absolute Gasteiger partial charge is 0.255 e. The van der Waals surface area contributed by atoms with Crippen LogP contribution in [0.3, 0.4) is 0 Å². The normalized spacial score (nSPS) is 11.4. The molecule has 0 spiro atoms. The fourth-order valence-electron chi connectivity index (χ4n) is 1.30. The van der Waals surface area contributed by atoms with Crippen LogP contribution in [0.4, 0.5) is 4.39 Å². The third-order valence-electron chi connectivity index (χ3n) is 2.34. The zero-order chi connectivity index (χ0) is 12.8. The van der Waals surface area contributed by atoms with E-state index in [1.165, 1.54) is 19.2 Å². The van der Waals surface area contributed by atoms with E-state index < -0.39 is 11.7 Å². The van der Waals surface area contributed by atoms with Crippen LogP contribution in [-0.2, 0) is 0 Å². The number of hydrogen-bond donors (Lipinski definition) is 1. The topological polar surface area (TPSA) is 38.3 Å². The van der Waals surface area contributed by atoms with Gasteiger partial charge in [0.1, 0.15) is 11.6 Å². The average molecular weight is 235 g/mol. The molecule has 1 N–H and O–H groups in total. The van der Waals surface area contributed by atoms with Crippen molar-refractivity contribution in [2.45, 2.75) is 19.4 Å². The average Bonchev–Trinajstić information content (AvgIpc) is 2.35. The summed E-state index contributed by atoms with van der Waals surface area (Å²) in [5.41, 5.74) is -0.0421. The summed E-state index contributed by atoms with van der Waals surface area (Å²) in [6.45, 7) is 1.84. The van der Waals surface area contributed by atoms with Gasteiger partial charge in [0.25, 0.3) is 5.91 Å². The van der Waals surface area contributed by atoms with Crippen molar-refractivity contribution in [2.75, 3.05) is 7.11 Å². The molecule has 0 bridgehead atoms. The van der Waals surface area contributed by atoms with Crippen molar-refractivity contribution in [1.82, 2.24) is 5.32 Å². The molecule has 0 aliphatic carbocycles. The van der Waals surface area contributed by atoms with Gasteiger partial charge >= 0.3 is 0 Å². The van der Waals surface area contributed by atoms with Crippen LogP contribution in [0, 0.1) is 18.2 Å². The summed E-state index contributed by atoms with van der Waals surface area (Å²) in [6.07, 6.45) is 5.81. The highest BCUT2D eigenvalue weighted by Gasteiger charge is 2.14. The number of halogens is 1. The maximum Gasteiger partial charge on any atom is 0.255 e. The second kappa shape index (κ2) is 5.90. The number of ether oxygens (including phenoxy) is 1. The second-order valence-electron chi connectivity index (χ2n) is 3.45. The van der Waals surface area contributed by atoms with E-state index in [2.05, 4.69) is 11.2 Å². The van der Waals surface area contributed by atoms with Crippen LogP contribution in [0.1, 0.15) is 23.7 Å². The Morgan fingerprint density at radius 1 is 1.65 bits per heavy atom. The standard InChI is InChI=1S/C13H14FNO2/c1-4-9(5-2)15-13(16)11-7-6-10(17-3)8-12(11)14/h1,6-9H,5H2,2-3H3,(H,15,16). The number of nitrogens with one attached hydrogen (secondary N) is 1. The van der Waals surface area contributed by atoms with Crippen molar-refractivity contribution < 1.29 is 13.9 Å². The predicted octanol–water partition coefficient (Wildman–Crippen LogP) is 1.98. The summed E-state index contributed by atoms with van der Waals surface area (Å²) in [7, 11) is 1.43. The van der Waals surface area contributed by atoms with Gasteiger partial charge in [-0.1, -0.05) is 12.8 Å². The monoisotopic (exact) mass is 235 g/mol. The lowest BCUT2D eigenvalue weighted by Gasteiger charge is -2.11. The Labute approximate surface area is 100.0 Å². The van der Waals surface area contributed by atoms with Crippen molar-refractivity contribution in [3.63, 3.8) is 0 Å². The Kier molecular flexibility index (Phi) is 4.53. The van der Waals surface area contributed by atoms with Crippen LogP contribution >= 0.6 is 0 Å². The first-order valence-corrected chi connectivity index (χ1v) is 5.22. The van der Waals surface area contributed by atoms with E-state index in [0.717, 1.165) is 6.07 Å². The van der Waals surface area contributed by atoms with Gasteiger partial charge in [-0.05, 0) is 18.6 Å². The summed E-state index contributed by atoms with van der Waals surface area (Å²) in [4.78, 5) is 11.7. The van der Waals surface area contributed by atoms with E-state index in [-0.39, 0.29) is 11.6 Å². The first-order valence-electron chi connectivity index (χ1n) is 5.22. The van der Waals surface area contributed by atoms with Crippen molar-refractivity contribution >= 4 is 5.91 Å². The number of carbonyl (C=O) groups is 1. The fraction of sp³-hybridized carbons (Fsp3) is 0.308. The first kappa shape index (κ1) is 13.0. The molecule has 0 heterocycles. The van der Waals surface area contributed by atoms with Gasteiger partial charge in [0.05, 0.1) is 18.7 Å². The molecule has 0 aromatic heterocycles. The number of methoxy groups -OCH3 is 1. The summed E-state index contributed by atoms with van der Waals surface area (Å²) < 4.78 is 18.4. The molecule has 0 radical (unpaired) electrons.